The molecule has 3 aromatic carbocycles. The maximum Gasteiger partial charge on any atom is 0.256 e. The molecule has 1 heterocycles. The number of fused-ring (bicyclic) bond motifs is 1. The number of anilines is 1. The highest BCUT2D eigenvalue weighted by Crippen LogP contribution is 2.21. The van der Waals surface area contributed by atoms with Crippen molar-refractivity contribution in [3.63, 3.8) is 0 Å². The second-order valence-electron chi connectivity index (χ2n) is 6.46. The Morgan fingerprint density at radius 3 is 2.04 bits per heavy atom. The summed E-state index contributed by atoms with van der Waals surface area (Å²) in [4.78, 5) is 22.5. The summed E-state index contributed by atoms with van der Waals surface area (Å²) in [5.74, 6) is 0.239. The monoisotopic (exact) mass is 356 g/mol. The number of para-hydroxylation sites is 1. The zero-order valence-corrected chi connectivity index (χ0v) is 14.8. The van der Waals surface area contributed by atoms with Crippen molar-refractivity contribution in [2.24, 2.45) is 0 Å². The molecule has 27 heavy (non-hydrogen) atoms. The lowest BCUT2D eigenvalue weighted by Gasteiger charge is -2.23. The number of imidazole rings is 1. The van der Waals surface area contributed by atoms with Gasteiger partial charge in [-0.05, 0) is 23.3 Å². The van der Waals surface area contributed by atoms with Crippen molar-refractivity contribution in [3.05, 3.63) is 95.6 Å². The summed E-state index contributed by atoms with van der Waals surface area (Å²) in [7, 11) is 0. The molecule has 1 amide bonds. The molecule has 0 aliphatic carbocycles. The van der Waals surface area contributed by atoms with Crippen molar-refractivity contribution in [3.8, 4) is 0 Å². The quantitative estimate of drug-likeness (QED) is 0.568. The third-order valence-corrected chi connectivity index (χ3v) is 4.48. The van der Waals surface area contributed by atoms with Crippen LogP contribution in [-0.2, 0) is 13.1 Å². The van der Waals surface area contributed by atoms with Gasteiger partial charge in [-0.3, -0.25) is 4.79 Å². The van der Waals surface area contributed by atoms with Crippen molar-refractivity contribution >= 4 is 22.9 Å². The van der Waals surface area contributed by atoms with Gasteiger partial charge < -0.3 is 15.6 Å². The number of nitrogens with zero attached hydrogens (tertiary/aromatic N) is 2. The van der Waals surface area contributed by atoms with Crippen molar-refractivity contribution in [2.45, 2.75) is 13.1 Å². The summed E-state index contributed by atoms with van der Waals surface area (Å²) in [6.45, 7) is 1.04. The lowest BCUT2D eigenvalue weighted by Crippen LogP contribution is -2.30. The summed E-state index contributed by atoms with van der Waals surface area (Å²) >= 11 is 0. The van der Waals surface area contributed by atoms with Gasteiger partial charge >= 0.3 is 0 Å². The number of aromatic amines is 1. The van der Waals surface area contributed by atoms with Crippen LogP contribution >= 0.6 is 0 Å². The predicted octanol–water partition coefficient (Wildman–Crippen LogP) is 3.99. The number of amides is 1. The summed E-state index contributed by atoms with van der Waals surface area (Å²) in [5, 5.41) is 0. The zero-order chi connectivity index (χ0) is 18.6. The Morgan fingerprint density at radius 2 is 1.44 bits per heavy atom. The summed E-state index contributed by atoms with van der Waals surface area (Å²) in [5.41, 5.74) is 9.86. The highest BCUT2D eigenvalue weighted by molar-refractivity contribution is 6.05. The number of aromatic nitrogens is 2. The fraction of sp³-hybridized carbons (Fsp3) is 0.0909. The smallest absolute Gasteiger partial charge is 0.256 e. The number of benzene rings is 3. The van der Waals surface area contributed by atoms with E-state index in [0.29, 0.717) is 30.1 Å². The number of carbonyl (C=O) groups excluding carboxylic acids is 1. The average Bonchev–Trinajstić information content (AvgIpc) is 3.09. The van der Waals surface area contributed by atoms with Gasteiger partial charge in [-0.25, -0.2) is 4.98 Å². The van der Waals surface area contributed by atoms with E-state index in [0.717, 1.165) is 16.6 Å². The Labute approximate surface area is 157 Å². The highest BCUT2D eigenvalue weighted by Gasteiger charge is 2.20. The Kier molecular flexibility index (Phi) is 4.58. The molecule has 0 spiro atoms. The first-order chi connectivity index (χ1) is 13.2. The minimum absolute atomic E-state index is 0.0696. The molecule has 0 atom stereocenters. The SMILES string of the molecule is Nc1nc2c(C(=O)N(Cc3ccccc3)Cc3ccccc3)cccc2[nH]1. The van der Waals surface area contributed by atoms with E-state index < -0.39 is 0 Å². The number of hydrogen-bond donors (Lipinski definition) is 2. The van der Waals surface area contributed by atoms with Gasteiger partial charge in [0.2, 0.25) is 0 Å². The van der Waals surface area contributed by atoms with Crippen LogP contribution in [0.1, 0.15) is 21.5 Å². The number of nitrogens with one attached hydrogen (secondary N) is 1. The Bertz CT molecular complexity index is 1020. The molecule has 5 nitrogen and oxygen atoms in total. The van der Waals surface area contributed by atoms with E-state index in [1.54, 1.807) is 6.07 Å². The molecule has 4 rings (SSSR count). The molecule has 0 aliphatic heterocycles. The van der Waals surface area contributed by atoms with E-state index in [1.807, 2.05) is 77.7 Å². The number of hydrogen-bond acceptors (Lipinski definition) is 3. The number of carbonyl (C=O) groups is 1. The standard InChI is InChI=1S/C22H20N4O/c23-22-24-19-13-7-12-18(20(19)25-22)21(27)26(14-16-8-3-1-4-9-16)15-17-10-5-2-6-11-17/h1-13H,14-15H2,(H3,23,24,25). The first-order valence-electron chi connectivity index (χ1n) is 8.82. The van der Waals surface area contributed by atoms with Crippen molar-refractivity contribution < 1.29 is 4.79 Å². The third-order valence-electron chi connectivity index (χ3n) is 4.48. The molecule has 0 unspecified atom stereocenters. The number of rotatable bonds is 5. The molecule has 3 N–H and O–H groups in total. The summed E-state index contributed by atoms with van der Waals surface area (Å²) in [6.07, 6.45) is 0. The molecular weight excluding hydrogens is 336 g/mol. The van der Waals surface area contributed by atoms with Gasteiger partial charge in [0.1, 0.15) is 5.52 Å². The third kappa shape index (κ3) is 3.67. The van der Waals surface area contributed by atoms with E-state index in [4.69, 9.17) is 5.73 Å². The molecule has 0 radical (unpaired) electrons. The second kappa shape index (κ2) is 7.33. The van der Waals surface area contributed by atoms with E-state index in [-0.39, 0.29) is 5.91 Å². The Morgan fingerprint density at radius 1 is 0.852 bits per heavy atom. The molecule has 0 aliphatic rings. The molecule has 1 aromatic heterocycles. The highest BCUT2D eigenvalue weighted by atomic mass is 16.2. The first-order valence-corrected chi connectivity index (χ1v) is 8.82. The normalized spacial score (nSPS) is 10.8. The maximum absolute atomic E-state index is 13.4. The van der Waals surface area contributed by atoms with Crippen molar-refractivity contribution in [2.75, 3.05) is 5.73 Å². The minimum Gasteiger partial charge on any atom is -0.369 e. The van der Waals surface area contributed by atoms with Gasteiger partial charge in [-0.1, -0.05) is 66.7 Å². The van der Waals surface area contributed by atoms with Crippen LogP contribution in [0.3, 0.4) is 0 Å². The van der Waals surface area contributed by atoms with Crippen LogP contribution in [0.5, 0.6) is 0 Å². The van der Waals surface area contributed by atoms with Crippen LogP contribution in [0.25, 0.3) is 11.0 Å². The molecule has 5 heteroatoms. The molecule has 0 fully saturated rings. The Balaban J connectivity index is 1.71. The van der Waals surface area contributed by atoms with Gasteiger partial charge in [0.25, 0.3) is 5.91 Å². The fourth-order valence-electron chi connectivity index (χ4n) is 3.20. The van der Waals surface area contributed by atoms with Crippen LogP contribution < -0.4 is 5.73 Å². The van der Waals surface area contributed by atoms with Crippen molar-refractivity contribution in [1.29, 1.82) is 0 Å². The van der Waals surface area contributed by atoms with E-state index in [1.165, 1.54) is 0 Å². The lowest BCUT2D eigenvalue weighted by molar-refractivity contribution is 0.0732. The Hall–Kier alpha value is -3.60. The van der Waals surface area contributed by atoms with E-state index >= 15 is 0 Å². The van der Waals surface area contributed by atoms with Gasteiger partial charge in [-0.2, -0.15) is 0 Å². The van der Waals surface area contributed by atoms with E-state index in [9.17, 15) is 4.79 Å². The van der Waals surface area contributed by atoms with Crippen LogP contribution in [0.15, 0.2) is 78.9 Å². The van der Waals surface area contributed by atoms with Gasteiger partial charge in [0, 0.05) is 13.1 Å². The largest absolute Gasteiger partial charge is 0.369 e. The van der Waals surface area contributed by atoms with Gasteiger partial charge in [-0.15, -0.1) is 0 Å². The predicted molar refractivity (Wildman–Crippen MR) is 107 cm³/mol. The number of nitrogens with two attached hydrogens (primary N) is 1. The maximum atomic E-state index is 13.4. The molecule has 4 aromatic rings. The van der Waals surface area contributed by atoms with Gasteiger partial charge in [0.15, 0.2) is 5.95 Å². The summed E-state index contributed by atoms with van der Waals surface area (Å²) < 4.78 is 0. The second-order valence-corrected chi connectivity index (χ2v) is 6.46. The number of nitrogen functional groups attached to an aromatic ring is 1. The topological polar surface area (TPSA) is 75.0 Å². The van der Waals surface area contributed by atoms with Gasteiger partial charge in [0.05, 0.1) is 11.1 Å². The average molecular weight is 356 g/mol. The zero-order valence-electron chi connectivity index (χ0n) is 14.8. The van der Waals surface area contributed by atoms with Crippen molar-refractivity contribution in [1.82, 2.24) is 14.9 Å². The van der Waals surface area contributed by atoms with Crippen LogP contribution in [0.4, 0.5) is 5.95 Å². The lowest BCUT2D eigenvalue weighted by atomic mass is 10.1. The van der Waals surface area contributed by atoms with E-state index in [2.05, 4.69) is 9.97 Å². The summed E-state index contributed by atoms with van der Waals surface area (Å²) in [6, 6.07) is 25.5. The molecule has 0 saturated heterocycles. The molecule has 0 saturated carbocycles. The first kappa shape index (κ1) is 16.8. The minimum atomic E-state index is -0.0696. The van der Waals surface area contributed by atoms with Crippen LogP contribution in [0, 0.1) is 0 Å². The molecule has 0 bridgehead atoms. The fourth-order valence-corrected chi connectivity index (χ4v) is 3.20. The molecule has 134 valence electrons. The molecular formula is C22H20N4O. The van der Waals surface area contributed by atoms with Crippen LogP contribution in [-0.4, -0.2) is 20.8 Å². The van der Waals surface area contributed by atoms with Crippen LogP contribution in [0.2, 0.25) is 0 Å². The number of H-pyrrole nitrogens is 1.